The van der Waals surface area contributed by atoms with Crippen LogP contribution < -0.4 is 5.32 Å². The van der Waals surface area contributed by atoms with Crippen molar-refractivity contribution in [2.75, 3.05) is 0 Å². The number of carbonyl (C=O) groups is 1. The van der Waals surface area contributed by atoms with Gasteiger partial charge in [-0.3, -0.25) is 4.79 Å². The largest absolute Gasteiger partial charge is 0.508 e. The van der Waals surface area contributed by atoms with Crippen molar-refractivity contribution < 1.29 is 9.90 Å². The highest BCUT2D eigenvalue weighted by Gasteiger charge is 2.16. The van der Waals surface area contributed by atoms with Crippen molar-refractivity contribution in [2.24, 2.45) is 5.92 Å². The van der Waals surface area contributed by atoms with Gasteiger partial charge in [-0.05, 0) is 50.3 Å². The number of nitrogens with zero attached hydrogens (tertiary/aromatic N) is 3. The minimum Gasteiger partial charge on any atom is -0.508 e. The number of benzene rings is 1. The normalized spacial score (nSPS) is 11.4. The van der Waals surface area contributed by atoms with Gasteiger partial charge >= 0.3 is 0 Å². The first-order chi connectivity index (χ1) is 12.8. The van der Waals surface area contributed by atoms with Crippen LogP contribution in [0.25, 0.3) is 0 Å². The van der Waals surface area contributed by atoms with Crippen molar-refractivity contribution in [1.29, 1.82) is 0 Å². The maximum absolute atomic E-state index is 12.3. The lowest BCUT2D eigenvalue weighted by molar-refractivity contribution is -0.121. The van der Waals surface area contributed by atoms with Crippen LogP contribution in [0.15, 0.2) is 18.2 Å². The Kier molecular flexibility index (Phi) is 7.39. The summed E-state index contributed by atoms with van der Waals surface area (Å²) in [5.41, 5.74) is 1.72. The first-order valence-corrected chi connectivity index (χ1v) is 9.76. The van der Waals surface area contributed by atoms with E-state index in [1.54, 1.807) is 12.1 Å². The highest BCUT2D eigenvalue weighted by Crippen LogP contribution is 2.19. The average molecular weight is 373 g/mol. The predicted octanol–water partition coefficient (Wildman–Crippen LogP) is 3.71. The number of hydrogen-bond acceptors (Lipinski definition) is 4. The number of rotatable bonds is 9. The summed E-state index contributed by atoms with van der Waals surface area (Å²) in [6.07, 6.45) is 2.92. The Labute approximate surface area is 162 Å². The molecular weight excluding hydrogens is 340 g/mol. The van der Waals surface area contributed by atoms with Crippen molar-refractivity contribution in [3.8, 4) is 5.75 Å². The average Bonchev–Trinajstić information content (AvgIpc) is 3.02. The molecule has 0 aliphatic rings. The highest BCUT2D eigenvalue weighted by molar-refractivity contribution is 5.76. The first kappa shape index (κ1) is 20.9. The molecule has 1 amide bonds. The molecule has 0 saturated heterocycles. The molecule has 1 heterocycles. The van der Waals surface area contributed by atoms with Crippen LogP contribution in [-0.4, -0.2) is 25.8 Å². The van der Waals surface area contributed by atoms with E-state index < -0.39 is 0 Å². The number of carbonyl (C=O) groups excluding carboxylic acids is 1. The molecule has 148 valence electrons. The van der Waals surface area contributed by atoms with Crippen molar-refractivity contribution >= 4 is 5.91 Å². The molecule has 0 atom stereocenters. The molecule has 0 bridgehead atoms. The standard InChI is InChI=1S/C21H32N4O2/c1-14(2)9-10-19-23-24-20(25(19)15(3)4)11-12-21(27)22-13-17-7-6-8-18(26)16(17)5/h6-8,14-15,26H,9-13H2,1-5H3,(H,22,27). The van der Waals surface area contributed by atoms with Gasteiger partial charge in [0.2, 0.25) is 5.91 Å². The summed E-state index contributed by atoms with van der Waals surface area (Å²) in [4.78, 5) is 12.3. The highest BCUT2D eigenvalue weighted by atomic mass is 16.3. The molecule has 6 heteroatoms. The SMILES string of the molecule is Cc1c(O)cccc1CNC(=O)CCc1nnc(CCC(C)C)n1C(C)C. The monoisotopic (exact) mass is 372 g/mol. The van der Waals surface area contributed by atoms with E-state index in [2.05, 4.69) is 47.8 Å². The van der Waals surface area contributed by atoms with Gasteiger partial charge in [0.1, 0.15) is 17.4 Å². The third-order valence-electron chi connectivity index (χ3n) is 4.77. The molecule has 0 aliphatic carbocycles. The molecule has 0 fully saturated rings. The second-order valence-corrected chi connectivity index (χ2v) is 7.77. The fraction of sp³-hybridized carbons (Fsp3) is 0.571. The summed E-state index contributed by atoms with van der Waals surface area (Å²) in [5, 5.41) is 21.4. The quantitative estimate of drug-likeness (QED) is 0.703. The number of aromatic hydroxyl groups is 1. The van der Waals surface area contributed by atoms with Gasteiger partial charge in [-0.15, -0.1) is 10.2 Å². The van der Waals surface area contributed by atoms with E-state index in [0.717, 1.165) is 35.6 Å². The zero-order valence-electron chi connectivity index (χ0n) is 17.1. The number of nitrogens with one attached hydrogen (secondary N) is 1. The first-order valence-electron chi connectivity index (χ1n) is 9.76. The molecule has 6 nitrogen and oxygen atoms in total. The van der Waals surface area contributed by atoms with Gasteiger partial charge in [-0.2, -0.15) is 0 Å². The van der Waals surface area contributed by atoms with E-state index in [4.69, 9.17) is 0 Å². The molecule has 2 N–H and O–H groups in total. The van der Waals surface area contributed by atoms with E-state index in [0.29, 0.717) is 25.3 Å². The number of phenols is 1. The third-order valence-corrected chi connectivity index (χ3v) is 4.77. The van der Waals surface area contributed by atoms with Crippen LogP contribution in [0.2, 0.25) is 0 Å². The lowest BCUT2D eigenvalue weighted by Gasteiger charge is -2.15. The maximum atomic E-state index is 12.3. The van der Waals surface area contributed by atoms with Gasteiger partial charge < -0.3 is 15.0 Å². The van der Waals surface area contributed by atoms with Gasteiger partial charge in [0, 0.05) is 31.8 Å². The number of hydrogen-bond donors (Lipinski definition) is 2. The Morgan fingerprint density at radius 1 is 1.15 bits per heavy atom. The van der Waals surface area contributed by atoms with E-state index in [9.17, 15) is 9.90 Å². The predicted molar refractivity (Wildman–Crippen MR) is 107 cm³/mol. The minimum absolute atomic E-state index is 0.0280. The van der Waals surface area contributed by atoms with Crippen LogP contribution in [0.3, 0.4) is 0 Å². The van der Waals surface area contributed by atoms with Gasteiger partial charge in [0.15, 0.2) is 0 Å². The summed E-state index contributed by atoms with van der Waals surface area (Å²) < 4.78 is 2.16. The van der Waals surface area contributed by atoms with E-state index in [-0.39, 0.29) is 17.7 Å². The minimum atomic E-state index is -0.0280. The van der Waals surface area contributed by atoms with Gasteiger partial charge in [0.25, 0.3) is 0 Å². The van der Waals surface area contributed by atoms with Gasteiger partial charge in [-0.1, -0.05) is 26.0 Å². The van der Waals surface area contributed by atoms with E-state index >= 15 is 0 Å². The fourth-order valence-corrected chi connectivity index (χ4v) is 3.08. The lowest BCUT2D eigenvalue weighted by Crippen LogP contribution is -2.24. The summed E-state index contributed by atoms with van der Waals surface area (Å²) in [5.74, 6) is 2.72. The Hall–Kier alpha value is -2.37. The van der Waals surface area contributed by atoms with Crippen LogP contribution in [-0.2, 0) is 24.2 Å². The number of aromatic nitrogens is 3. The van der Waals surface area contributed by atoms with Crippen molar-refractivity contribution in [2.45, 2.75) is 72.9 Å². The smallest absolute Gasteiger partial charge is 0.220 e. The molecule has 0 aliphatic heterocycles. The molecular formula is C21H32N4O2. The van der Waals surface area contributed by atoms with Crippen molar-refractivity contribution in [3.63, 3.8) is 0 Å². The van der Waals surface area contributed by atoms with Gasteiger partial charge in [0.05, 0.1) is 0 Å². The molecule has 2 aromatic rings. The summed E-state index contributed by atoms with van der Waals surface area (Å²) in [6, 6.07) is 5.62. The molecule has 0 saturated carbocycles. The Morgan fingerprint density at radius 3 is 2.44 bits per heavy atom. The second kappa shape index (κ2) is 9.53. The topological polar surface area (TPSA) is 80.0 Å². The van der Waals surface area contributed by atoms with Crippen LogP contribution in [0.1, 0.15) is 69.4 Å². The van der Waals surface area contributed by atoms with E-state index in [1.165, 1.54) is 0 Å². The summed E-state index contributed by atoms with van der Waals surface area (Å²) in [7, 11) is 0. The van der Waals surface area contributed by atoms with Crippen LogP contribution in [0.5, 0.6) is 5.75 Å². The number of amides is 1. The zero-order valence-corrected chi connectivity index (χ0v) is 17.1. The zero-order chi connectivity index (χ0) is 20.0. The molecule has 2 rings (SSSR count). The number of aryl methyl sites for hydroxylation is 2. The molecule has 0 radical (unpaired) electrons. The maximum Gasteiger partial charge on any atom is 0.220 e. The molecule has 1 aromatic heterocycles. The summed E-state index contributed by atoms with van der Waals surface area (Å²) >= 11 is 0. The van der Waals surface area contributed by atoms with Crippen molar-refractivity contribution in [1.82, 2.24) is 20.1 Å². The molecule has 27 heavy (non-hydrogen) atoms. The van der Waals surface area contributed by atoms with Crippen LogP contribution in [0.4, 0.5) is 0 Å². The Balaban J connectivity index is 1.93. The number of phenolic OH excluding ortho intramolecular Hbond substituents is 1. The summed E-state index contributed by atoms with van der Waals surface area (Å²) in [6.45, 7) is 10.9. The molecule has 0 spiro atoms. The second-order valence-electron chi connectivity index (χ2n) is 7.77. The fourth-order valence-electron chi connectivity index (χ4n) is 3.08. The van der Waals surface area contributed by atoms with Crippen molar-refractivity contribution in [3.05, 3.63) is 41.0 Å². The Morgan fingerprint density at radius 2 is 1.81 bits per heavy atom. The molecule has 1 aromatic carbocycles. The third kappa shape index (κ3) is 5.81. The van der Waals surface area contributed by atoms with Crippen LogP contribution >= 0.6 is 0 Å². The Bertz CT molecular complexity index is 766. The van der Waals surface area contributed by atoms with Gasteiger partial charge in [-0.25, -0.2) is 0 Å². The van der Waals surface area contributed by atoms with Crippen LogP contribution in [0, 0.1) is 12.8 Å². The molecule has 0 unspecified atom stereocenters. The van der Waals surface area contributed by atoms with E-state index in [1.807, 2.05) is 13.0 Å². The lowest BCUT2D eigenvalue weighted by atomic mass is 10.1.